The van der Waals surface area contributed by atoms with E-state index in [-0.39, 0.29) is 5.91 Å². The number of hydrogen-bond donors (Lipinski definition) is 1. The molecule has 5 nitrogen and oxygen atoms in total. The van der Waals surface area contributed by atoms with Crippen LogP contribution in [0.1, 0.15) is 17.3 Å². The molecule has 25 heavy (non-hydrogen) atoms. The predicted octanol–water partition coefficient (Wildman–Crippen LogP) is 4.72. The minimum absolute atomic E-state index is 0.310. The molecule has 7 heteroatoms. The fourth-order valence-electron chi connectivity index (χ4n) is 2.33. The molecule has 1 amide bonds. The largest absolute Gasteiger partial charge is 0.493 e. The average Bonchev–Trinajstić information content (AvgIpc) is 2.56. The number of halogens is 2. The number of amides is 1. The number of anilines is 2. The molecule has 0 aliphatic carbocycles. The molecule has 0 fully saturated rings. The van der Waals surface area contributed by atoms with Crippen LogP contribution in [0.5, 0.6) is 11.5 Å². The van der Waals surface area contributed by atoms with Crippen molar-refractivity contribution in [1.82, 2.24) is 0 Å². The van der Waals surface area contributed by atoms with Crippen LogP contribution in [0.3, 0.4) is 0 Å². The van der Waals surface area contributed by atoms with Crippen LogP contribution in [0.15, 0.2) is 30.3 Å². The van der Waals surface area contributed by atoms with Gasteiger partial charge in [-0.2, -0.15) is 0 Å². The van der Waals surface area contributed by atoms with Crippen molar-refractivity contribution in [3.8, 4) is 11.5 Å². The van der Waals surface area contributed by atoms with Crippen LogP contribution in [0.25, 0.3) is 0 Å². The second kappa shape index (κ2) is 8.32. The number of rotatable bonds is 6. The van der Waals surface area contributed by atoms with Gasteiger partial charge in [-0.15, -0.1) is 0 Å². The van der Waals surface area contributed by atoms with Crippen LogP contribution < -0.4 is 19.7 Å². The zero-order chi connectivity index (χ0) is 18.6. The fourth-order valence-corrected chi connectivity index (χ4v) is 2.77. The summed E-state index contributed by atoms with van der Waals surface area (Å²) in [6.45, 7) is 2.29. The van der Waals surface area contributed by atoms with Gasteiger partial charge in [0.25, 0.3) is 5.91 Å². The number of carbonyl (C=O) groups excluding carboxylic acids is 1. The number of methoxy groups -OCH3 is 1. The van der Waals surface area contributed by atoms with E-state index in [0.29, 0.717) is 39.4 Å². The van der Waals surface area contributed by atoms with E-state index >= 15 is 0 Å². The first-order valence-electron chi connectivity index (χ1n) is 7.66. The molecule has 0 aliphatic heterocycles. The lowest BCUT2D eigenvalue weighted by Crippen LogP contribution is -2.17. The molecular weight excluding hydrogens is 363 g/mol. The second-order valence-corrected chi connectivity index (χ2v) is 6.28. The molecule has 0 unspecified atom stereocenters. The highest BCUT2D eigenvalue weighted by Gasteiger charge is 2.17. The lowest BCUT2D eigenvalue weighted by atomic mass is 10.1. The van der Waals surface area contributed by atoms with Crippen molar-refractivity contribution < 1.29 is 14.3 Å². The molecule has 0 bridgehead atoms. The standard InChI is InChI=1S/C18H20Cl2N2O3/c1-5-25-17-13(20)8-11(9-16(17)24-4)18(23)21-14-10-12(19)6-7-15(14)22(2)3/h6-10H,5H2,1-4H3,(H,21,23). The van der Waals surface area contributed by atoms with Crippen molar-refractivity contribution >= 4 is 40.5 Å². The van der Waals surface area contributed by atoms with E-state index in [2.05, 4.69) is 5.32 Å². The molecule has 0 heterocycles. The van der Waals surface area contributed by atoms with Gasteiger partial charge in [-0.3, -0.25) is 4.79 Å². The van der Waals surface area contributed by atoms with Gasteiger partial charge >= 0.3 is 0 Å². The molecule has 2 aromatic rings. The lowest BCUT2D eigenvalue weighted by molar-refractivity contribution is 0.102. The Hall–Kier alpha value is -2.11. The Morgan fingerprint density at radius 2 is 1.92 bits per heavy atom. The Bertz CT molecular complexity index is 779. The maximum atomic E-state index is 12.7. The summed E-state index contributed by atoms with van der Waals surface area (Å²) in [7, 11) is 5.27. The molecule has 0 aliphatic rings. The highest BCUT2D eigenvalue weighted by atomic mass is 35.5. The third-order valence-electron chi connectivity index (χ3n) is 3.47. The summed E-state index contributed by atoms with van der Waals surface area (Å²) in [5, 5.41) is 3.70. The SMILES string of the molecule is CCOc1c(Cl)cc(C(=O)Nc2cc(Cl)ccc2N(C)C)cc1OC. The number of nitrogens with one attached hydrogen (secondary N) is 1. The smallest absolute Gasteiger partial charge is 0.255 e. The summed E-state index contributed by atoms with van der Waals surface area (Å²) < 4.78 is 10.7. The van der Waals surface area contributed by atoms with E-state index in [9.17, 15) is 4.79 Å². The number of hydrogen-bond acceptors (Lipinski definition) is 4. The average molecular weight is 383 g/mol. The first-order valence-corrected chi connectivity index (χ1v) is 8.41. The summed E-state index contributed by atoms with van der Waals surface area (Å²) in [6.07, 6.45) is 0. The van der Waals surface area contributed by atoms with Crippen molar-refractivity contribution in [2.24, 2.45) is 0 Å². The van der Waals surface area contributed by atoms with Crippen LogP contribution in [0, 0.1) is 0 Å². The highest BCUT2D eigenvalue weighted by Crippen LogP contribution is 2.37. The molecule has 0 saturated heterocycles. The highest BCUT2D eigenvalue weighted by molar-refractivity contribution is 6.33. The third-order valence-corrected chi connectivity index (χ3v) is 3.98. The van der Waals surface area contributed by atoms with Gasteiger partial charge in [-0.05, 0) is 37.3 Å². The van der Waals surface area contributed by atoms with Gasteiger partial charge in [0, 0.05) is 24.7 Å². The third kappa shape index (κ3) is 4.50. The maximum Gasteiger partial charge on any atom is 0.255 e. The Morgan fingerprint density at radius 1 is 1.20 bits per heavy atom. The van der Waals surface area contributed by atoms with E-state index in [0.717, 1.165) is 5.69 Å². The minimum atomic E-state index is -0.325. The quantitative estimate of drug-likeness (QED) is 0.784. The Morgan fingerprint density at radius 3 is 2.52 bits per heavy atom. The normalized spacial score (nSPS) is 10.3. The van der Waals surface area contributed by atoms with E-state index in [1.807, 2.05) is 32.0 Å². The number of carbonyl (C=O) groups is 1. The molecule has 0 radical (unpaired) electrons. The minimum Gasteiger partial charge on any atom is -0.493 e. The van der Waals surface area contributed by atoms with Crippen molar-refractivity contribution in [3.05, 3.63) is 45.9 Å². The fraction of sp³-hybridized carbons (Fsp3) is 0.278. The van der Waals surface area contributed by atoms with E-state index < -0.39 is 0 Å². The number of nitrogens with zero attached hydrogens (tertiary/aromatic N) is 1. The van der Waals surface area contributed by atoms with Crippen molar-refractivity contribution in [2.75, 3.05) is 38.0 Å². The van der Waals surface area contributed by atoms with Crippen molar-refractivity contribution in [3.63, 3.8) is 0 Å². The zero-order valence-electron chi connectivity index (χ0n) is 14.5. The summed E-state index contributed by atoms with van der Waals surface area (Å²) >= 11 is 12.3. The molecule has 1 N–H and O–H groups in total. The van der Waals surface area contributed by atoms with Gasteiger partial charge < -0.3 is 19.7 Å². The van der Waals surface area contributed by atoms with Crippen LogP contribution in [0.4, 0.5) is 11.4 Å². The summed E-state index contributed by atoms with van der Waals surface area (Å²) in [6, 6.07) is 8.44. The molecular formula is C18H20Cl2N2O3. The van der Waals surface area contributed by atoms with E-state index in [1.54, 1.807) is 24.3 Å². The van der Waals surface area contributed by atoms with E-state index in [1.165, 1.54) is 7.11 Å². The second-order valence-electron chi connectivity index (χ2n) is 5.43. The van der Waals surface area contributed by atoms with Gasteiger partial charge in [0.15, 0.2) is 11.5 Å². The zero-order valence-corrected chi connectivity index (χ0v) is 16.0. The van der Waals surface area contributed by atoms with Crippen LogP contribution >= 0.6 is 23.2 Å². The van der Waals surface area contributed by atoms with Crippen LogP contribution in [0.2, 0.25) is 10.0 Å². The van der Waals surface area contributed by atoms with Crippen molar-refractivity contribution in [1.29, 1.82) is 0 Å². The summed E-state index contributed by atoms with van der Waals surface area (Å²) in [4.78, 5) is 14.5. The maximum absolute atomic E-state index is 12.7. The monoisotopic (exact) mass is 382 g/mol. The number of benzene rings is 2. The number of ether oxygens (including phenoxy) is 2. The Balaban J connectivity index is 2.36. The Kier molecular flexibility index (Phi) is 6.39. The lowest BCUT2D eigenvalue weighted by Gasteiger charge is -2.19. The predicted molar refractivity (Wildman–Crippen MR) is 103 cm³/mol. The topological polar surface area (TPSA) is 50.8 Å². The molecule has 0 atom stereocenters. The van der Waals surface area contributed by atoms with Gasteiger partial charge in [0.2, 0.25) is 0 Å². The first-order chi connectivity index (χ1) is 11.9. The van der Waals surface area contributed by atoms with Crippen LogP contribution in [-0.2, 0) is 0 Å². The molecule has 0 saturated carbocycles. The molecule has 0 spiro atoms. The van der Waals surface area contributed by atoms with Gasteiger partial charge in [0.1, 0.15) is 0 Å². The first kappa shape index (κ1) is 19.2. The van der Waals surface area contributed by atoms with Gasteiger partial charge in [-0.25, -0.2) is 0 Å². The van der Waals surface area contributed by atoms with Crippen molar-refractivity contribution in [2.45, 2.75) is 6.92 Å². The van der Waals surface area contributed by atoms with Gasteiger partial charge in [-0.1, -0.05) is 23.2 Å². The Labute approximate surface area is 157 Å². The van der Waals surface area contributed by atoms with E-state index in [4.69, 9.17) is 32.7 Å². The molecule has 2 aromatic carbocycles. The molecule has 0 aromatic heterocycles. The molecule has 2 rings (SSSR count). The van der Waals surface area contributed by atoms with Crippen LogP contribution in [-0.4, -0.2) is 33.7 Å². The molecule has 134 valence electrons. The van der Waals surface area contributed by atoms with Gasteiger partial charge in [0.05, 0.1) is 30.1 Å². The summed E-state index contributed by atoms with van der Waals surface area (Å²) in [5.41, 5.74) is 1.79. The summed E-state index contributed by atoms with van der Waals surface area (Å²) in [5.74, 6) is 0.493.